The minimum atomic E-state index is 0.727. The maximum atomic E-state index is 6.10. The Bertz CT molecular complexity index is 498. The van der Waals surface area contributed by atoms with Gasteiger partial charge in [-0.2, -0.15) is 0 Å². The smallest absolute Gasteiger partial charge is 0.0702 e. The Balaban J connectivity index is 2.04. The first kappa shape index (κ1) is 12.4. The molecule has 1 aromatic carbocycles. The standard InChI is InChI=1S/C11H8Br2ClNS/c12-7-1-3-10(9(14)5-7)15-6-8-2-4-11(13)16-8/h1-5,15H,6H2. The van der Waals surface area contributed by atoms with Crippen molar-refractivity contribution in [2.45, 2.75) is 6.54 Å². The van der Waals surface area contributed by atoms with Crippen LogP contribution in [0, 0.1) is 0 Å². The minimum Gasteiger partial charge on any atom is -0.379 e. The normalized spacial score (nSPS) is 10.4. The molecule has 1 aromatic heterocycles. The second-order valence-electron chi connectivity index (χ2n) is 3.18. The van der Waals surface area contributed by atoms with Gasteiger partial charge in [-0.1, -0.05) is 27.5 Å². The van der Waals surface area contributed by atoms with Crippen LogP contribution in [0.25, 0.3) is 0 Å². The molecule has 0 unspecified atom stereocenters. The Morgan fingerprint density at radius 1 is 1.19 bits per heavy atom. The van der Waals surface area contributed by atoms with E-state index in [4.69, 9.17) is 11.6 Å². The molecule has 0 aliphatic rings. The SMILES string of the molecule is Clc1cc(Br)ccc1NCc1ccc(Br)s1. The zero-order valence-electron chi connectivity index (χ0n) is 8.14. The van der Waals surface area contributed by atoms with Gasteiger partial charge in [-0.15, -0.1) is 11.3 Å². The minimum absolute atomic E-state index is 0.727. The molecule has 1 N–H and O–H groups in total. The molecule has 1 nitrogen and oxygen atoms in total. The lowest BCUT2D eigenvalue weighted by Crippen LogP contribution is -1.97. The molecule has 0 aliphatic heterocycles. The van der Waals surface area contributed by atoms with Crippen molar-refractivity contribution in [2.24, 2.45) is 0 Å². The van der Waals surface area contributed by atoms with E-state index < -0.39 is 0 Å². The molecule has 0 saturated carbocycles. The molecule has 0 amide bonds. The molecule has 0 radical (unpaired) electrons. The van der Waals surface area contributed by atoms with Gasteiger partial charge in [0, 0.05) is 15.9 Å². The lowest BCUT2D eigenvalue weighted by Gasteiger charge is -2.07. The number of hydrogen-bond acceptors (Lipinski definition) is 2. The van der Waals surface area contributed by atoms with Gasteiger partial charge in [0.1, 0.15) is 0 Å². The Kier molecular flexibility index (Phi) is 4.30. The first-order valence-corrected chi connectivity index (χ1v) is 7.36. The Morgan fingerprint density at radius 2 is 2.00 bits per heavy atom. The molecule has 2 aromatic rings. The maximum Gasteiger partial charge on any atom is 0.0702 e. The van der Waals surface area contributed by atoms with Crippen LogP contribution in [-0.4, -0.2) is 0 Å². The summed E-state index contributed by atoms with van der Waals surface area (Å²) in [6.45, 7) is 0.789. The molecular weight excluding hydrogens is 373 g/mol. The van der Waals surface area contributed by atoms with E-state index in [0.29, 0.717) is 0 Å². The summed E-state index contributed by atoms with van der Waals surface area (Å²) in [7, 11) is 0. The summed E-state index contributed by atoms with van der Waals surface area (Å²) in [6, 6.07) is 9.96. The average Bonchev–Trinajstić information content (AvgIpc) is 2.63. The fourth-order valence-corrected chi connectivity index (χ4v) is 3.43. The van der Waals surface area contributed by atoms with Crippen molar-refractivity contribution in [3.8, 4) is 0 Å². The fraction of sp³-hybridized carbons (Fsp3) is 0.0909. The van der Waals surface area contributed by atoms with Crippen LogP contribution in [0.3, 0.4) is 0 Å². The summed E-state index contributed by atoms with van der Waals surface area (Å²) in [5, 5.41) is 4.03. The molecule has 0 atom stereocenters. The second-order valence-corrected chi connectivity index (χ2v) is 7.05. The number of anilines is 1. The molecule has 2 rings (SSSR count). The van der Waals surface area contributed by atoms with Gasteiger partial charge in [0.25, 0.3) is 0 Å². The lowest BCUT2D eigenvalue weighted by atomic mass is 10.3. The summed E-state index contributed by atoms with van der Waals surface area (Å²) in [5.41, 5.74) is 0.953. The summed E-state index contributed by atoms with van der Waals surface area (Å²) in [6.07, 6.45) is 0. The summed E-state index contributed by atoms with van der Waals surface area (Å²) < 4.78 is 2.13. The topological polar surface area (TPSA) is 12.0 Å². The molecular formula is C11H8Br2ClNS. The average molecular weight is 382 g/mol. The van der Waals surface area contributed by atoms with Crippen LogP contribution in [0.1, 0.15) is 4.88 Å². The molecule has 0 aliphatic carbocycles. The van der Waals surface area contributed by atoms with Crippen molar-refractivity contribution < 1.29 is 0 Å². The first-order valence-electron chi connectivity index (χ1n) is 4.58. The third-order valence-corrected chi connectivity index (χ3v) is 4.44. The highest BCUT2D eigenvalue weighted by molar-refractivity contribution is 9.11. The van der Waals surface area contributed by atoms with Gasteiger partial charge < -0.3 is 5.32 Å². The van der Waals surface area contributed by atoms with Crippen LogP contribution >= 0.6 is 54.8 Å². The molecule has 16 heavy (non-hydrogen) atoms. The number of hydrogen-bond donors (Lipinski definition) is 1. The van der Waals surface area contributed by atoms with Crippen LogP contribution in [-0.2, 0) is 6.54 Å². The van der Waals surface area contributed by atoms with Crippen LogP contribution < -0.4 is 5.32 Å². The second kappa shape index (κ2) is 5.54. The van der Waals surface area contributed by atoms with E-state index in [1.807, 2.05) is 24.3 Å². The summed E-state index contributed by atoms with van der Waals surface area (Å²) in [5.74, 6) is 0. The Morgan fingerprint density at radius 3 is 2.62 bits per heavy atom. The number of nitrogens with one attached hydrogen (secondary N) is 1. The molecule has 0 spiro atoms. The van der Waals surface area contributed by atoms with Crippen molar-refractivity contribution in [2.75, 3.05) is 5.32 Å². The molecule has 84 valence electrons. The van der Waals surface area contributed by atoms with E-state index >= 15 is 0 Å². The molecule has 0 bridgehead atoms. The van der Waals surface area contributed by atoms with Gasteiger partial charge in [-0.3, -0.25) is 0 Å². The van der Waals surface area contributed by atoms with Crippen LogP contribution in [0.5, 0.6) is 0 Å². The molecule has 0 fully saturated rings. The zero-order valence-corrected chi connectivity index (χ0v) is 12.9. The number of rotatable bonds is 3. The van der Waals surface area contributed by atoms with Gasteiger partial charge >= 0.3 is 0 Å². The van der Waals surface area contributed by atoms with Crippen molar-refractivity contribution in [1.29, 1.82) is 0 Å². The summed E-state index contributed by atoms with van der Waals surface area (Å²) in [4.78, 5) is 1.27. The highest BCUT2D eigenvalue weighted by Crippen LogP contribution is 2.27. The summed E-state index contributed by atoms with van der Waals surface area (Å²) >= 11 is 14.6. The fourth-order valence-electron chi connectivity index (χ4n) is 1.26. The Labute approximate surface area is 120 Å². The van der Waals surface area contributed by atoms with E-state index in [1.54, 1.807) is 11.3 Å². The number of thiophene rings is 1. The van der Waals surface area contributed by atoms with E-state index in [0.717, 1.165) is 25.5 Å². The van der Waals surface area contributed by atoms with Gasteiger partial charge in [-0.05, 0) is 46.3 Å². The van der Waals surface area contributed by atoms with E-state index in [9.17, 15) is 0 Å². The third-order valence-electron chi connectivity index (χ3n) is 2.01. The van der Waals surface area contributed by atoms with Crippen LogP contribution in [0.2, 0.25) is 5.02 Å². The molecule has 5 heteroatoms. The van der Waals surface area contributed by atoms with Gasteiger partial charge in [0.15, 0.2) is 0 Å². The van der Waals surface area contributed by atoms with Crippen molar-refractivity contribution in [3.63, 3.8) is 0 Å². The predicted molar refractivity (Wildman–Crippen MR) is 78.5 cm³/mol. The third kappa shape index (κ3) is 3.23. The monoisotopic (exact) mass is 379 g/mol. The van der Waals surface area contributed by atoms with Gasteiger partial charge in [-0.25, -0.2) is 0 Å². The van der Waals surface area contributed by atoms with Crippen LogP contribution in [0.4, 0.5) is 5.69 Å². The van der Waals surface area contributed by atoms with Crippen molar-refractivity contribution in [1.82, 2.24) is 0 Å². The Hall–Kier alpha value is -0.0300. The highest BCUT2D eigenvalue weighted by atomic mass is 79.9. The maximum absolute atomic E-state index is 6.10. The quantitative estimate of drug-likeness (QED) is 0.736. The van der Waals surface area contributed by atoms with Crippen molar-refractivity contribution in [3.05, 3.63) is 48.5 Å². The van der Waals surface area contributed by atoms with Gasteiger partial charge in [0.2, 0.25) is 0 Å². The number of benzene rings is 1. The molecule has 1 heterocycles. The highest BCUT2D eigenvalue weighted by Gasteiger charge is 2.02. The van der Waals surface area contributed by atoms with Crippen molar-refractivity contribution >= 4 is 60.5 Å². The first-order chi connectivity index (χ1) is 7.65. The molecule has 0 saturated heterocycles. The predicted octanol–water partition coefficient (Wildman–Crippen LogP) is 5.54. The largest absolute Gasteiger partial charge is 0.379 e. The van der Waals surface area contributed by atoms with E-state index in [2.05, 4.69) is 43.2 Å². The van der Waals surface area contributed by atoms with Gasteiger partial charge in [0.05, 0.1) is 14.5 Å². The number of halogens is 3. The lowest BCUT2D eigenvalue weighted by molar-refractivity contribution is 1.19. The van der Waals surface area contributed by atoms with E-state index in [-0.39, 0.29) is 0 Å². The van der Waals surface area contributed by atoms with Crippen LogP contribution in [0.15, 0.2) is 38.6 Å². The zero-order chi connectivity index (χ0) is 11.5. The van der Waals surface area contributed by atoms with E-state index in [1.165, 1.54) is 4.88 Å².